The molecule has 1 amide bonds. The number of fused-ring (bicyclic) bond motifs is 1. The van der Waals surface area contributed by atoms with Gasteiger partial charge in [-0.05, 0) is 36.2 Å². The number of carbonyl (C=O) groups is 1. The molecule has 0 bridgehead atoms. The van der Waals surface area contributed by atoms with Crippen LogP contribution in [-0.2, 0) is 17.8 Å². The van der Waals surface area contributed by atoms with Gasteiger partial charge in [-0.3, -0.25) is 9.20 Å². The fraction of sp³-hybridized carbons (Fsp3) is 0.188. The fourth-order valence-corrected chi connectivity index (χ4v) is 2.23. The first-order valence-corrected chi connectivity index (χ1v) is 7.02. The molecule has 3 aromatic rings. The summed E-state index contributed by atoms with van der Waals surface area (Å²) in [6.45, 7) is 0.313. The zero-order valence-electron chi connectivity index (χ0n) is 11.9. The molecule has 6 heteroatoms. The summed E-state index contributed by atoms with van der Waals surface area (Å²) in [6.07, 6.45) is 2.66. The van der Waals surface area contributed by atoms with Crippen LogP contribution in [0.2, 0.25) is 0 Å². The second-order valence-corrected chi connectivity index (χ2v) is 4.95. The molecule has 0 aliphatic heterocycles. The van der Waals surface area contributed by atoms with Crippen molar-refractivity contribution in [3.05, 3.63) is 65.9 Å². The topological polar surface area (TPSA) is 59.3 Å². The predicted octanol–water partition coefficient (Wildman–Crippen LogP) is 2.12. The summed E-state index contributed by atoms with van der Waals surface area (Å²) in [7, 11) is 0. The molecule has 2 aromatic heterocycles. The molecule has 0 atom stereocenters. The van der Waals surface area contributed by atoms with Crippen LogP contribution in [0.3, 0.4) is 0 Å². The van der Waals surface area contributed by atoms with Crippen LogP contribution in [0.15, 0.2) is 48.7 Å². The van der Waals surface area contributed by atoms with Crippen molar-refractivity contribution in [2.45, 2.75) is 19.4 Å². The van der Waals surface area contributed by atoms with Gasteiger partial charge in [0, 0.05) is 12.6 Å². The third kappa shape index (κ3) is 3.28. The number of rotatable bonds is 5. The van der Waals surface area contributed by atoms with Gasteiger partial charge in [-0.15, -0.1) is 10.2 Å². The Labute approximate surface area is 126 Å². The summed E-state index contributed by atoms with van der Waals surface area (Å²) in [5.41, 5.74) is 1.55. The van der Waals surface area contributed by atoms with E-state index in [9.17, 15) is 9.18 Å². The van der Waals surface area contributed by atoms with Crippen molar-refractivity contribution < 1.29 is 9.18 Å². The van der Waals surface area contributed by atoms with Gasteiger partial charge in [-0.25, -0.2) is 4.39 Å². The first-order valence-electron chi connectivity index (χ1n) is 7.02. The summed E-state index contributed by atoms with van der Waals surface area (Å²) in [4.78, 5) is 11.9. The van der Waals surface area contributed by atoms with Crippen LogP contribution >= 0.6 is 0 Å². The number of benzene rings is 1. The maximum Gasteiger partial charge on any atom is 0.220 e. The second kappa shape index (κ2) is 6.34. The van der Waals surface area contributed by atoms with Crippen molar-refractivity contribution >= 4 is 11.6 Å². The Morgan fingerprint density at radius 2 is 2.09 bits per heavy atom. The molecule has 0 saturated heterocycles. The van der Waals surface area contributed by atoms with Gasteiger partial charge in [-0.2, -0.15) is 0 Å². The van der Waals surface area contributed by atoms with Crippen molar-refractivity contribution in [1.82, 2.24) is 19.9 Å². The minimum absolute atomic E-state index is 0.100. The van der Waals surface area contributed by atoms with Gasteiger partial charge >= 0.3 is 0 Å². The number of amides is 1. The lowest BCUT2D eigenvalue weighted by atomic mass is 10.1. The Bertz CT molecular complexity index is 799. The Morgan fingerprint density at radius 3 is 2.95 bits per heavy atom. The monoisotopic (exact) mass is 298 g/mol. The summed E-state index contributed by atoms with van der Waals surface area (Å²) >= 11 is 0. The molecule has 0 spiro atoms. The lowest BCUT2D eigenvalue weighted by Crippen LogP contribution is -2.24. The van der Waals surface area contributed by atoms with Crippen molar-refractivity contribution in [2.24, 2.45) is 0 Å². The maximum atomic E-state index is 13.1. The number of aromatic nitrogens is 3. The van der Waals surface area contributed by atoms with E-state index in [0.29, 0.717) is 25.2 Å². The van der Waals surface area contributed by atoms with Crippen LogP contribution < -0.4 is 5.32 Å². The molecule has 112 valence electrons. The first kappa shape index (κ1) is 14.2. The highest BCUT2D eigenvalue weighted by atomic mass is 19.1. The van der Waals surface area contributed by atoms with Crippen LogP contribution in [0.1, 0.15) is 17.8 Å². The van der Waals surface area contributed by atoms with Crippen molar-refractivity contribution in [2.75, 3.05) is 0 Å². The second-order valence-electron chi connectivity index (χ2n) is 4.95. The molecule has 5 nitrogen and oxygen atoms in total. The maximum absolute atomic E-state index is 13.1. The molecule has 1 N–H and O–H groups in total. The van der Waals surface area contributed by atoms with Gasteiger partial charge < -0.3 is 5.32 Å². The molecule has 0 aliphatic carbocycles. The molecule has 0 saturated carbocycles. The van der Waals surface area contributed by atoms with E-state index in [0.717, 1.165) is 11.2 Å². The SMILES string of the molecule is O=C(CCc1cccc(F)c1)NCc1nnc2ccccn12. The third-order valence-corrected chi connectivity index (χ3v) is 3.36. The normalized spacial score (nSPS) is 10.8. The Hall–Kier alpha value is -2.76. The van der Waals surface area contributed by atoms with Crippen LogP contribution in [0.4, 0.5) is 4.39 Å². The molecule has 0 aliphatic rings. The van der Waals surface area contributed by atoms with E-state index in [4.69, 9.17) is 0 Å². The zero-order valence-corrected chi connectivity index (χ0v) is 11.9. The molecule has 3 rings (SSSR count). The van der Waals surface area contributed by atoms with Crippen LogP contribution in [0, 0.1) is 5.82 Å². The van der Waals surface area contributed by atoms with Crippen molar-refractivity contribution in [3.63, 3.8) is 0 Å². The quantitative estimate of drug-likeness (QED) is 0.785. The first-order chi connectivity index (χ1) is 10.7. The Kier molecular flexibility index (Phi) is 4.09. The van der Waals surface area contributed by atoms with Gasteiger partial charge in [0.05, 0.1) is 6.54 Å². The van der Waals surface area contributed by atoms with Crippen LogP contribution in [0.25, 0.3) is 5.65 Å². The Morgan fingerprint density at radius 1 is 1.18 bits per heavy atom. The lowest BCUT2D eigenvalue weighted by molar-refractivity contribution is -0.121. The van der Waals surface area contributed by atoms with E-state index in [1.807, 2.05) is 34.9 Å². The number of hydrogen-bond donors (Lipinski definition) is 1. The number of halogens is 1. The molecule has 0 radical (unpaired) electrons. The van der Waals surface area contributed by atoms with Gasteiger partial charge in [0.25, 0.3) is 0 Å². The summed E-state index contributed by atoms with van der Waals surface area (Å²) < 4.78 is 14.9. The van der Waals surface area contributed by atoms with E-state index < -0.39 is 0 Å². The van der Waals surface area contributed by atoms with Gasteiger partial charge in [0.1, 0.15) is 5.82 Å². The average molecular weight is 298 g/mol. The number of nitrogens with zero attached hydrogens (tertiary/aromatic N) is 3. The highest BCUT2D eigenvalue weighted by Crippen LogP contribution is 2.06. The molecule has 0 unspecified atom stereocenters. The number of carbonyl (C=O) groups excluding carboxylic acids is 1. The molecule has 22 heavy (non-hydrogen) atoms. The predicted molar refractivity (Wildman–Crippen MR) is 79.6 cm³/mol. The van der Waals surface area contributed by atoms with Gasteiger partial charge in [0.15, 0.2) is 11.5 Å². The number of pyridine rings is 1. The molecule has 2 heterocycles. The highest BCUT2D eigenvalue weighted by molar-refractivity contribution is 5.76. The minimum Gasteiger partial charge on any atom is -0.349 e. The summed E-state index contributed by atoms with van der Waals surface area (Å²) in [5, 5.41) is 10.9. The van der Waals surface area contributed by atoms with Gasteiger partial charge in [0.2, 0.25) is 5.91 Å². The molecular formula is C16H15FN4O. The van der Waals surface area contributed by atoms with Crippen molar-refractivity contribution in [1.29, 1.82) is 0 Å². The van der Waals surface area contributed by atoms with Crippen LogP contribution in [-0.4, -0.2) is 20.5 Å². The highest BCUT2D eigenvalue weighted by Gasteiger charge is 2.07. The zero-order chi connectivity index (χ0) is 15.4. The van der Waals surface area contributed by atoms with E-state index in [1.54, 1.807) is 6.07 Å². The number of nitrogens with one attached hydrogen (secondary N) is 1. The molecular weight excluding hydrogens is 283 g/mol. The van der Waals surface area contributed by atoms with Crippen LogP contribution in [0.5, 0.6) is 0 Å². The number of aryl methyl sites for hydroxylation is 1. The van der Waals surface area contributed by atoms with E-state index in [2.05, 4.69) is 15.5 Å². The van der Waals surface area contributed by atoms with E-state index >= 15 is 0 Å². The minimum atomic E-state index is -0.284. The van der Waals surface area contributed by atoms with Gasteiger partial charge in [-0.1, -0.05) is 18.2 Å². The van der Waals surface area contributed by atoms with Crippen molar-refractivity contribution in [3.8, 4) is 0 Å². The summed E-state index contributed by atoms with van der Waals surface area (Å²) in [5.74, 6) is 0.291. The molecule has 0 fully saturated rings. The van der Waals surface area contributed by atoms with E-state index in [-0.39, 0.29) is 11.7 Å². The lowest BCUT2D eigenvalue weighted by Gasteiger charge is -2.04. The largest absolute Gasteiger partial charge is 0.349 e. The average Bonchev–Trinajstić information content (AvgIpc) is 2.94. The third-order valence-electron chi connectivity index (χ3n) is 3.36. The molecule has 1 aromatic carbocycles. The Balaban J connectivity index is 1.54. The summed E-state index contributed by atoms with van der Waals surface area (Å²) in [6, 6.07) is 11.9. The number of hydrogen-bond acceptors (Lipinski definition) is 3. The fourth-order valence-electron chi connectivity index (χ4n) is 2.23. The smallest absolute Gasteiger partial charge is 0.220 e. The standard InChI is InChI=1S/C16H15FN4O/c17-13-5-3-4-12(10-13)7-8-16(22)18-11-15-20-19-14-6-1-2-9-21(14)15/h1-6,9-10H,7-8,11H2,(H,18,22). The van der Waals surface area contributed by atoms with E-state index in [1.165, 1.54) is 12.1 Å².